The van der Waals surface area contributed by atoms with Gasteiger partial charge in [0.2, 0.25) is 0 Å². The molecule has 1 amide bonds. The van der Waals surface area contributed by atoms with Crippen LogP contribution >= 0.6 is 0 Å². The average molecular weight is 348 g/mol. The van der Waals surface area contributed by atoms with Crippen LogP contribution in [0.25, 0.3) is 0 Å². The Kier molecular flexibility index (Phi) is 5.08. The molecule has 1 aromatic carbocycles. The van der Waals surface area contributed by atoms with E-state index in [0.717, 1.165) is 36.4 Å². The van der Waals surface area contributed by atoms with Crippen LogP contribution in [0.4, 0.5) is 10.5 Å². The molecule has 2 aliphatic heterocycles. The van der Waals surface area contributed by atoms with E-state index in [4.69, 9.17) is 14.2 Å². The highest BCUT2D eigenvalue weighted by molar-refractivity contribution is 5.70. The third-order valence-corrected chi connectivity index (χ3v) is 4.49. The molecule has 138 valence electrons. The number of rotatable bonds is 3. The van der Waals surface area contributed by atoms with Crippen molar-refractivity contribution in [3.05, 3.63) is 23.3 Å². The van der Waals surface area contributed by atoms with Crippen LogP contribution in [0.3, 0.4) is 0 Å². The van der Waals surface area contributed by atoms with Gasteiger partial charge in [-0.05, 0) is 50.8 Å². The number of amides is 1. The lowest BCUT2D eigenvalue weighted by Crippen LogP contribution is -2.40. The average Bonchev–Trinajstić information content (AvgIpc) is 3.05. The zero-order valence-electron chi connectivity index (χ0n) is 15.6. The predicted molar refractivity (Wildman–Crippen MR) is 96.2 cm³/mol. The van der Waals surface area contributed by atoms with Gasteiger partial charge < -0.3 is 24.4 Å². The van der Waals surface area contributed by atoms with E-state index in [1.54, 1.807) is 12.0 Å². The molecule has 0 spiro atoms. The van der Waals surface area contributed by atoms with E-state index in [2.05, 4.69) is 11.4 Å². The molecule has 0 radical (unpaired) electrons. The molecule has 2 aliphatic rings. The Morgan fingerprint density at radius 3 is 2.80 bits per heavy atom. The van der Waals surface area contributed by atoms with Crippen LogP contribution in [-0.4, -0.2) is 49.5 Å². The molecule has 1 saturated heterocycles. The molecule has 0 aromatic heterocycles. The second kappa shape index (κ2) is 7.12. The third kappa shape index (κ3) is 4.37. The summed E-state index contributed by atoms with van der Waals surface area (Å²) in [4.78, 5) is 14.2. The van der Waals surface area contributed by atoms with Crippen molar-refractivity contribution in [2.75, 3.05) is 32.2 Å². The molecule has 6 nitrogen and oxygen atoms in total. The fourth-order valence-corrected chi connectivity index (χ4v) is 3.24. The Balaban J connectivity index is 1.82. The molecule has 3 rings (SSSR count). The fourth-order valence-electron chi connectivity index (χ4n) is 3.24. The molecule has 1 N–H and O–H groups in total. The maximum Gasteiger partial charge on any atom is 0.410 e. The van der Waals surface area contributed by atoms with Crippen molar-refractivity contribution in [1.29, 1.82) is 0 Å². The number of nitrogens with one attached hydrogen (secondary N) is 1. The van der Waals surface area contributed by atoms with Gasteiger partial charge in [0.15, 0.2) is 0 Å². The lowest BCUT2D eigenvalue weighted by molar-refractivity contribution is 0.0224. The number of ether oxygens (including phenoxy) is 3. The topological polar surface area (TPSA) is 60.0 Å². The molecule has 1 fully saturated rings. The summed E-state index contributed by atoms with van der Waals surface area (Å²) in [5.74, 6) is 0.839. The van der Waals surface area contributed by atoms with Gasteiger partial charge >= 0.3 is 6.09 Å². The number of hydrogen-bond donors (Lipinski definition) is 1. The number of hydrogen-bond acceptors (Lipinski definition) is 5. The molecule has 0 bridgehead atoms. The van der Waals surface area contributed by atoms with E-state index in [9.17, 15) is 4.79 Å². The van der Waals surface area contributed by atoms with Crippen LogP contribution in [0.15, 0.2) is 12.1 Å². The van der Waals surface area contributed by atoms with Crippen LogP contribution in [0.2, 0.25) is 0 Å². The van der Waals surface area contributed by atoms with Crippen LogP contribution in [0.5, 0.6) is 5.75 Å². The van der Waals surface area contributed by atoms with Gasteiger partial charge in [-0.25, -0.2) is 4.79 Å². The standard InChI is InChI=1S/C19H28N2O4/c1-19(2,3)25-18(22)21-7-5-13-9-15(23-4)10-17(16(13)11-21)20-14-6-8-24-12-14/h9-10,14,20H,5-8,11-12H2,1-4H3/t14-/m0/s1. The molecule has 25 heavy (non-hydrogen) atoms. The highest BCUT2D eigenvalue weighted by Gasteiger charge is 2.28. The largest absolute Gasteiger partial charge is 0.497 e. The zero-order chi connectivity index (χ0) is 18.0. The molecule has 1 atom stereocenters. The van der Waals surface area contributed by atoms with Crippen molar-refractivity contribution in [3.8, 4) is 5.75 Å². The Hall–Kier alpha value is -1.95. The third-order valence-electron chi connectivity index (χ3n) is 4.49. The van der Waals surface area contributed by atoms with E-state index in [1.165, 1.54) is 5.56 Å². The van der Waals surface area contributed by atoms with E-state index in [-0.39, 0.29) is 6.09 Å². The summed E-state index contributed by atoms with van der Waals surface area (Å²) in [5.41, 5.74) is 2.91. The Bertz CT molecular complexity index is 633. The Labute approximate surface area is 149 Å². The zero-order valence-corrected chi connectivity index (χ0v) is 15.6. The minimum absolute atomic E-state index is 0.260. The summed E-state index contributed by atoms with van der Waals surface area (Å²) in [5, 5.41) is 3.57. The molecule has 0 aliphatic carbocycles. The van der Waals surface area contributed by atoms with Gasteiger partial charge in [-0.15, -0.1) is 0 Å². The first kappa shape index (κ1) is 17.9. The summed E-state index contributed by atoms with van der Waals surface area (Å²) in [6.45, 7) is 8.36. The first-order chi connectivity index (χ1) is 11.9. The molecular formula is C19H28N2O4. The molecule has 0 saturated carbocycles. The van der Waals surface area contributed by atoms with E-state index >= 15 is 0 Å². The summed E-state index contributed by atoms with van der Waals surface area (Å²) in [6, 6.07) is 4.38. The molecule has 1 aromatic rings. The van der Waals surface area contributed by atoms with Gasteiger partial charge in [0, 0.05) is 24.9 Å². The number of carbonyl (C=O) groups excluding carboxylic acids is 1. The normalized spacial score (nSPS) is 20.2. The highest BCUT2D eigenvalue weighted by Crippen LogP contribution is 2.33. The number of carbonyl (C=O) groups is 1. The lowest BCUT2D eigenvalue weighted by Gasteiger charge is -2.33. The van der Waals surface area contributed by atoms with Crippen LogP contribution in [0, 0.1) is 0 Å². The van der Waals surface area contributed by atoms with Gasteiger partial charge in [0.25, 0.3) is 0 Å². The van der Waals surface area contributed by atoms with Crippen LogP contribution in [-0.2, 0) is 22.4 Å². The molecule has 6 heteroatoms. The van der Waals surface area contributed by atoms with Crippen LogP contribution < -0.4 is 10.1 Å². The van der Waals surface area contributed by atoms with E-state index in [0.29, 0.717) is 25.7 Å². The van der Waals surface area contributed by atoms with Crippen molar-refractivity contribution in [1.82, 2.24) is 4.90 Å². The maximum atomic E-state index is 12.4. The second-order valence-electron chi connectivity index (χ2n) is 7.67. The van der Waals surface area contributed by atoms with Gasteiger partial charge in [0.05, 0.1) is 26.3 Å². The number of anilines is 1. The Morgan fingerprint density at radius 1 is 1.36 bits per heavy atom. The van der Waals surface area contributed by atoms with Gasteiger partial charge in [-0.2, -0.15) is 0 Å². The van der Waals surface area contributed by atoms with Gasteiger partial charge in [-0.1, -0.05) is 0 Å². The quantitative estimate of drug-likeness (QED) is 0.909. The molecule has 2 heterocycles. The summed E-state index contributed by atoms with van der Waals surface area (Å²) in [6.07, 6.45) is 1.52. The Morgan fingerprint density at radius 2 is 2.16 bits per heavy atom. The highest BCUT2D eigenvalue weighted by atomic mass is 16.6. The van der Waals surface area contributed by atoms with E-state index in [1.807, 2.05) is 26.8 Å². The number of methoxy groups -OCH3 is 1. The molecular weight excluding hydrogens is 320 g/mol. The van der Waals surface area contributed by atoms with Crippen molar-refractivity contribution in [2.24, 2.45) is 0 Å². The van der Waals surface area contributed by atoms with Crippen molar-refractivity contribution in [2.45, 2.75) is 51.8 Å². The second-order valence-corrected chi connectivity index (χ2v) is 7.67. The predicted octanol–water partition coefficient (Wildman–Crippen LogP) is 3.19. The smallest absolute Gasteiger partial charge is 0.410 e. The fraction of sp³-hybridized carbons (Fsp3) is 0.632. The number of benzene rings is 1. The first-order valence-corrected chi connectivity index (χ1v) is 8.88. The minimum atomic E-state index is -0.487. The van der Waals surface area contributed by atoms with E-state index < -0.39 is 5.60 Å². The number of fused-ring (bicyclic) bond motifs is 1. The summed E-state index contributed by atoms with van der Waals surface area (Å²) < 4.78 is 16.4. The minimum Gasteiger partial charge on any atom is -0.497 e. The lowest BCUT2D eigenvalue weighted by atomic mass is 9.97. The molecule has 0 unspecified atom stereocenters. The summed E-state index contributed by atoms with van der Waals surface area (Å²) >= 11 is 0. The van der Waals surface area contributed by atoms with Gasteiger partial charge in [0.1, 0.15) is 11.4 Å². The van der Waals surface area contributed by atoms with Crippen molar-refractivity contribution < 1.29 is 19.0 Å². The maximum absolute atomic E-state index is 12.4. The summed E-state index contributed by atoms with van der Waals surface area (Å²) in [7, 11) is 1.68. The first-order valence-electron chi connectivity index (χ1n) is 8.88. The van der Waals surface area contributed by atoms with Crippen molar-refractivity contribution >= 4 is 11.8 Å². The number of nitrogens with zero attached hydrogens (tertiary/aromatic N) is 1. The van der Waals surface area contributed by atoms with Gasteiger partial charge in [-0.3, -0.25) is 0 Å². The van der Waals surface area contributed by atoms with Crippen molar-refractivity contribution in [3.63, 3.8) is 0 Å². The monoisotopic (exact) mass is 348 g/mol. The SMILES string of the molecule is COc1cc2c(c(N[C@H]3CCOC3)c1)CN(C(=O)OC(C)(C)C)CC2. The van der Waals surface area contributed by atoms with Crippen LogP contribution in [0.1, 0.15) is 38.3 Å².